The maximum atomic E-state index is 9.17. The van der Waals surface area contributed by atoms with E-state index in [0.717, 1.165) is 0 Å². The van der Waals surface area contributed by atoms with E-state index < -0.39 is 0 Å². The molecule has 0 aliphatic rings. The van der Waals surface area contributed by atoms with Gasteiger partial charge in [-0.25, -0.2) is 4.89 Å². The molecule has 0 bridgehead atoms. The second kappa shape index (κ2) is 4.99. The number of nitrogens with zero attached hydrogens (tertiary/aromatic N) is 1. The van der Waals surface area contributed by atoms with Gasteiger partial charge in [-0.3, -0.25) is 5.04 Å². The van der Waals surface area contributed by atoms with E-state index in [1.54, 1.807) is 0 Å². The first kappa shape index (κ1) is 7.84. The first-order chi connectivity index (χ1) is 3.77. The van der Waals surface area contributed by atoms with E-state index in [9.17, 15) is 5.26 Å². The van der Waals surface area contributed by atoms with E-state index in [4.69, 9.17) is 0 Å². The molecule has 0 aliphatic heterocycles. The molecule has 4 nitrogen and oxygen atoms in total. The molecule has 0 heterocycles. The molecule has 0 saturated heterocycles. The van der Waals surface area contributed by atoms with Gasteiger partial charge in [-0.2, -0.15) is 0 Å². The Morgan fingerprint density at radius 3 is 2.50 bits per heavy atom. The zero-order chi connectivity index (χ0) is 6.41. The van der Waals surface area contributed by atoms with Crippen LogP contribution in [0.1, 0.15) is 0 Å². The zero-order valence-corrected chi connectivity index (χ0v) is 5.09. The third kappa shape index (κ3) is 5.84. The average molecular weight is 120 g/mol. The predicted octanol–water partition coefficient (Wildman–Crippen LogP) is -1.23. The smallest absolute Gasteiger partial charge is 0.0940 e. The van der Waals surface area contributed by atoms with E-state index in [2.05, 4.69) is 9.93 Å². The maximum absolute atomic E-state index is 9.17. The van der Waals surface area contributed by atoms with Crippen LogP contribution in [0.4, 0.5) is 0 Å². The molecule has 50 valence electrons. The number of likely N-dealkylation sites (N-methyl/N-ethyl adjacent to an activating group) is 1. The lowest BCUT2D eigenvalue weighted by Gasteiger charge is -2.09. The van der Waals surface area contributed by atoms with Crippen molar-refractivity contribution < 1.29 is 15.2 Å². The lowest BCUT2D eigenvalue weighted by atomic mass is 10.6. The molecule has 0 rings (SSSR count). The van der Waals surface area contributed by atoms with Gasteiger partial charge in [-0.1, -0.05) is 0 Å². The monoisotopic (exact) mass is 120 g/mol. The summed E-state index contributed by atoms with van der Waals surface area (Å²) < 4.78 is 0. The summed E-state index contributed by atoms with van der Waals surface area (Å²) in [6.07, 6.45) is 0. The van der Waals surface area contributed by atoms with Gasteiger partial charge >= 0.3 is 0 Å². The van der Waals surface area contributed by atoms with Gasteiger partial charge in [0.2, 0.25) is 0 Å². The van der Waals surface area contributed by atoms with Crippen LogP contribution in [0.25, 0.3) is 0 Å². The molecule has 0 N–H and O–H groups in total. The molecule has 0 saturated carbocycles. The van der Waals surface area contributed by atoms with Crippen molar-refractivity contribution in [3.05, 3.63) is 0 Å². The molecule has 8 heavy (non-hydrogen) atoms. The Balaban J connectivity index is 2.72. The van der Waals surface area contributed by atoms with Crippen LogP contribution < -0.4 is 5.26 Å². The van der Waals surface area contributed by atoms with Gasteiger partial charge in [-0.15, -0.1) is 0 Å². The average Bonchev–Trinajstić information content (AvgIpc) is 1.66. The minimum absolute atomic E-state index is 0.316. The van der Waals surface area contributed by atoms with Gasteiger partial charge in [-0.05, 0) is 14.1 Å². The fourth-order valence-electron chi connectivity index (χ4n) is 0.254. The van der Waals surface area contributed by atoms with Crippen molar-refractivity contribution in [2.24, 2.45) is 0 Å². The van der Waals surface area contributed by atoms with Gasteiger partial charge in [0.15, 0.2) is 0 Å². The van der Waals surface area contributed by atoms with Crippen molar-refractivity contribution in [3.63, 3.8) is 0 Å². The molecule has 4 heteroatoms. The Morgan fingerprint density at radius 2 is 2.12 bits per heavy atom. The van der Waals surface area contributed by atoms with Gasteiger partial charge < -0.3 is 10.2 Å². The zero-order valence-electron chi connectivity index (χ0n) is 5.09. The van der Waals surface area contributed by atoms with Crippen LogP contribution in [0.3, 0.4) is 0 Å². The van der Waals surface area contributed by atoms with E-state index in [1.807, 2.05) is 19.0 Å². The van der Waals surface area contributed by atoms with Crippen LogP contribution in [-0.2, 0) is 9.93 Å². The molecular formula is C4H10NO3-. The Kier molecular flexibility index (Phi) is 4.89. The number of hydrogen-bond acceptors (Lipinski definition) is 4. The molecule has 0 aromatic heterocycles. The predicted molar refractivity (Wildman–Crippen MR) is 25.6 cm³/mol. The minimum Gasteiger partial charge on any atom is -0.692 e. The molecule has 0 fully saturated rings. The minimum atomic E-state index is 0.316. The van der Waals surface area contributed by atoms with Gasteiger partial charge in [0.1, 0.15) is 0 Å². The summed E-state index contributed by atoms with van der Waals surface area (Å²) in [5, 5.41) is 12.3. The summed E-state index contributed by atoms with van der Waals surface area (Å²) in [6.45, 7) is 1.01. The first-order valence-electron chi connectivity index (χ1n) is 2.33. The van der Waals surface area contributed by atoms with Gasteiger partial charge in [0.05, 0.1) is 6.61 Å². The molecule has 0 atom stereocenters. The highest BCUT2D eigenvalue weighted by molar-refractivity contribution is 4.35. The highest BCUT2D eigenvalue weighted by Crippen LogP contribution is 1.74. The highest BCUT2D eigenvalue weighted by Gasteiger charge is 1.86. The molecular weight excluding hydrogens is 110 g/mol. The van der Waals surface area contributed by atoms with E-state index in [1.165, 1.54) is 0 Å². The molecule has 0 aromatic rings. The standard InChI is InChI=1S/C4H11NO3/c1-5(2)3-4-7-8-6/h6H,3-4H2,1-2H3/p-1. The van der Waals surface area contributed by atoms with Crippen LogP contribution in [0.5, 0.6) is 0 Å². The topological polar surface area (TPSA) is 44.8 Å². The Hall–Kier alpha value is -0.160. The summed E-state index contributed by atoms with van der Waals surface area (Å²) >= 11 is 0. The molecule has 0 aliphatic carbocycles. The molecule has 0 amide bonds. The van der Waals surface area contributed by atoms with Crippen LogP contribution in [-0.4, -0.2) is 32.1 Å². The lowest BCUT2D eigenvalue weighted by Crippen LogP contribution is -2.19. The maximum Gasteiger partial charge on any atom is 0.0940 e. The third-order valence-corrected chi connectivity index (χ3v) is 0.670. The van der Waals surface area contributed by atoms with E-state index in [0.29, 0.717) is 13.2 Å². The molecule has 0 aromatic carbocycles. The Morgan fingerprint density at radius 1 is 1.50 bits per heavy atom. The summed E-state index contributed by atoms with van der Waals surface area (Å²) in [4.78, 5) is 5.94. The SMILES string of the molecule is CN(C)CCOO[O-]. The number of rotatable bonds is 4. The summed E-state index contributed by atoms with van der Waals surface area (Å²) in [5.74, 6) is 0. The van der Waals surface area contributed by atoms with Crippen LogP contribution in [0, 0.1) is 0 Å². The van der Waals surface area contributed by atoms with E-state index >= 15 is 0 Å². The van der Waals surface area contributed by atoms with Gasteiger partial charge in [0, 0.05) is 6.54 Å². The van der Waals surface area contributed by atoms with Crippen LogP contribution in [0.2, 0.25) is 0 Å². The summed E-state index contributed by atoms with van der Waals surface area (Å²) in [6, 6.07) is 0. The summed E-state index contributed by atoms with van der Waals surface area (Å²) in [5.41, 5.74) is 0. The van der Waals surface area contributed by atoms with Gasteiger partial charge in [0.25, 0.3) is 0 Å². The van der Waals surface area contributed by atoms with Crippen molar-refractivity contribution in [1.82, 2.24) is 4.90 Å². The van der Waals surface area contributed by atoms with Crippen LogP contribution >= 0.6 is 0 Å². The quantitative estimate of drug-likeness (QED) is 0.265. The largest absolute Gasteiger partial charge is 0.692 e. The lowest BCUT2D eigenvalue weighted by molar-refractivity contribution is -0.799. The molecule has 0 radical (unpaired) electrons. The fourth-order valence-corrected chi connectivity index (χ4v) is 0.254. The van der Waals surface area contributed by atoms with Crippen molar-refractivity contribution >= 4 is 0 Å². The van der Waals surface area contributed by atoms with Crippen molar-refractivity contribution in [2.45, 2.75) is 0 Å². The molecule has 0 spiro atoms. The second-order valence-electron chi connectivity index (χ2n) is 1.69. The normalized spacial score (nSPS) is 10.5. The van der Waals surface area contributed by atoms with Crippen molar-refractivity contribution in [1.29, 1.82) is 0 Å². The highest BCUT2D eigenvalue weighted by atomic mass is 17.5. The van der Waals surface area contributed by atoms with Crippen LogP contribution in [0.15, 0.2) is 0 Å². The Bertz CT molecular complexity index is 48.5. The molecule has 0 unspecified atom stereocenters. The first-order valence-corrected chi connectivity index (χ1v) is 2.33. The van der Waals surface area contributed by atoms with Crippen molar-refractivity contribution in [3.8, 4) is 0 Å². The second-order valence-corrected chi connectivity index (χ2v) is 1.69. The van der Waals surface area contributed by atoms with E-state index in [-0.39, 0.29) is 0 Å². The third-order valence-electron chi connectivity index (χ3n) is 0.670. The number of hydrogen-bond donors (Lipinski definition) is 0. The fraction of sp³-hybridized carbons (Fsp3) is 1.00. The van der Waals surface area contributed by atoms with Crippen molar-refractivity contribution in [2.75, 3.05) is 27.2 Å². The summed E-state index contributed by atoms with van der Waals surface area (Å²) in [7, 11) is 3.77. The Labute approximate surface area is 48.5 Å².